The number of rotatable bonds is 3. The predicted octanol–water partition coefficient (Wildman–Crippen LogP) is 1.71. The van der Waals surface area contributed by atoms with Crippen LogP contribution in [0.1, 0.15) is 16.8 Å². The number of ketones is 1. The highest BCUT2D eigenvalue weighted by molar-refractivity contribution is 6.30. The lowest BCUT2D eigenvalue weighted by molar-refractivity contribution is 0.0970. The molecular weight excluding hydrogens is 216 g/mol. The fourth-order valence-corrected chi connectivity index (χ4v) is 1.38. The Morgan fingerprint density at radius 1 is 1.40 bits per heavy atom. The van der Waals surface area contributed by atoms with Crippen LogP contribution in [0.2, 0.25) is 5.02 Å². The zero-order chi connectivity index (χ0) is 10.7. The van der Waals surface area contributed by atoms with Gasteiger partial charge in [0, 0.05) is 10.6 Å². The lowest BCUT2D eigenvalue weighted by Crippen LogP contribution is -2.31. The molecule has 1 aromatic rings. The maximum Gasteiger partial charge on any atom is 0.166 e. The summed E-state index contributed by atoms with van der Waals surface area (Å²) in [4.78, 5) is 11.7. The van der Waals surface area contributed by atoms with Crippen LogP contribution in [0.25, 0.3) is 0 Å². The average molecular weight is 225 g/mol. The number of benzene rings is 1. The van der Waals surface area contributed by atoms with Gasteiger partial charge in [0.05, 0.1) is 6.42 Å². The van der Waals surface area contributed by atoms with E-state index in [9.17, 15) is 4.79 Å². The van der Waals surface area contributed by atoms with Crippen LogP contribution in [0.3, 0.4) is 0 Å². The number of Topliss-reactive ketones (excluding diaryl/α,β-unsaturated/α-hetero) is 1. The first-order valence-corrected chi connectivity index (χ1v) is 4.82. The van der Waals surface area contributed by atoms with Gasteiger partial charge in [-0.3, -0.25) is 4.79 Å². The van der Waals surface area contributed by atoms with Crippen LogP contribution in [-0.2, 0) is 0 Å². The van der Waals surface area contributed by atoms with Crippen LogP contribution in [0.15, 0.2) is 34.6 Å². The number of carbonyl (C=O) groups is 1. The van der Waals surface area contributed by atoms with E-state index in [2.05, 4.69) is 21.3 Å². The summed E-state index contributed by atoms with van der Waals surface area (Å²) in [6.45, 7) is 0. The Morgan fingerprint density at radius 2 is 2.13 bits per heavy atom. The van der Waals surface area contributed by atoms with Gasteiger partial charge in [0.25, 0.3) is 0 Å². The van der Waals surface area contributed by atoms with E-state index in [1.807, 2.05) is 0 Å². The Labute approximate surface area is 91.5 Å². The van der Waals surface area contributed by atoms with E-state index < -0.39 is 0 Å². The summed E-state index contributed by atoms with van der Waals surface area (Å²) < 4.78 is 0. The van der Waals surface area contributed by atoms with Crippen molar-refractivity contribution in [1.29, 1.82) is 0 Å². The highest BCUT2D eigenvalue weighted by atomic mass is 35.5. The van der Waals surface area contributed by atoms with Gasteiger partial charge in [-0.2, -0.15) is 5.43 Å². The van der Waals surface area contributed by atoms with E-state index in [-0.39, 0.29) is 18.4 Å². The molecule has 15 heavy (non-hydrogen) atoms. The summed E-state index contributed by atoms with van der Waals surface area (Å²) in [5.74, 6) is 0.00631. The van der Waals surface area contributed by atoms with Crippen LogP contribution < -0.4 is 11.0 Å². The molecule has 0 saturated heterocycles. The molecule has 0 fully saturated rings. The van der Waals surface area contributed by atoms with Crippen molar-refractivity contribution in [3.05, 3.63) is 34.9 Å². The van der Waals surface area contributed by atoms with Gasteiger partial charge < -0.3 is 0 Å². The summed E-state index contributed by atoms with van der Waals surface area (Å²) in [5, 5.41) is 7.91. The summed E-state index contributed by atoms with van der Waals surface area (Å²) in [6.07, 6.45) is -0.00817. The third-order valence-electron chi connectivity index (χ3n) is 2.02. The second-order valence-corrected chi connectivity index (χ2v) is 3.56. The third-order valence-corrected chi connectivity index (χ3v) is 2.28. The van der Waals surface area contributed by atoms with Crippen molar-refractivity contribution >= 4 is 17.4 Å². The largest absolute Gasteiger partial charge is 0.294 e. The third kappa shape index (κ3) is 2.51. The summed E-state index contributed by atoms with van der Waals surface area (Å²) in [6, 6.07) is 6.78. The summed E-state index contributed by atoms with van der Waals surface area (Å²) in [7, 11) is 0. The smallest absolute Gasteiger partial charge is 0.166 e. The summed E-state index contributed by atoms with van der Waals surface area (Å²) >= 11 is 5.72. The molecule has 5 nitrogen and oxygen atoms in total. The SMILES string of the molecule is O=C(CC1N=NNN1)c1ccc(Cl)cc1. The number of nitrogens with one attached hydrogen (secondary N) is 2. The zero-order valence-corrected chi connectivity index (χ0v) is 8.53. The van der Waals surface area contributed by atoms with Gasteiger partial charge in [0.1, 0.15) is 6.17 Å². The van der Waals surface area contributed by atoms with E-state index in [1.54, 1.807) is 24.3 Å². The van der Waals surface area contributed by atoms with Gasteiger partial charge >= 0.3 is 0 Å². The second kappa shape index (κ2) is 4.37. The van der Waals surface area contributed by atoms with Crippen molar-refractivity contribution in [2.45, 2.75) is 12.6 Å². The van der Waals surface area contributed by atoms with Crippen molar-refractivity contribution in [3.63, 3.8) is 0 Å². The van der Waals surface area contributed by atoms with Gasteiger partial charge in [-0.05, 0) is 24.3 Å². The molecule has 2 N–H and O–H groups in total. The van der Waals surface area contributed by atoms with Crippen LogP contribution in [0.5, 0.6) is 0 Å². The molecule has 1 heterocycles. The van der Waals surface area contributed by atoms with Crippen molar-refractivity contribution in [1.82, 2.24) is 11.0 Å². The quantitative estimate of drug-likeness (QED) is 0.769. The van der Waals surface area contributed by atoms with Gasteiger partial charge in [0.2, 0.25) is 0 Å². The van der Waals surface area contributed by atoms with E-state index >= 15 is 0 Å². The molecule has 0 aromatic heterocycles. The molecule has 0 saturated carbocycles. The van der Waals surface area contributed by atoms with Gasteiger partial charge in [-0.1, -0.05) is 16.8 Å². The number of nitrogens with zero attached hydrogens (tertiary/aromatic N) is 2. The fourth-order valence-electron chi connectivity index (χ4n) is 1.25. The van der Waals surface area contributed by atoms with Crippen LogP contribution in [0.4, 0.5) is 0 Å². The number of hydrogen-bond donors (Lipinski definition) is 2. The monoisotopic (exact) mass is 224 g/mol. The number of hydrazine groups is 1. The minimum atomic E-state index is -0.284. The first-order chi connectivity index (χ1) is 7.25. The lowest BCUT2D eigenvalue weighted by atomic mass is 10.1. The molecule has 0 radical (unpaired) electrons. The van der Waals surface area contributed by atoms with E-state index in [4.69, 9.17) is 11.6 Å². The Hall–Kier alpha value is -1.46. The first-order valence-electron chi connectivity index (χ1n) is 4.45. The lowest BCUT2D eigenvalue weighted by Gasteiger charge is -2.04. The zero-order valence-electron chi connectivity index (χ0n) is 7.77. The minimum absolute atomic E-state index is 0.00631. The number of halogens is 1. The van der Waals surface area contributed by atoms with Crippen LogP contribution >= 0.6 is 11.6 Å². The normalized spacial score (nSPS) is 18.9. The number of hydrogen-bond acceptors (Lipinski definition) is 5. The van der Waals surface area contributed by atoms with Crippen molar-refractivity contribution < 1.29 is 4.79 Å². The molecule has 78 valence electrons. The molecule has 1 aliphatic heterocycles. The Morgan fingerprint density at radius 3 is 2.73 bits per heavy atom. The molecule has 6 heteroatoms. The predicted molar refractivity (Wildman–Crippen MR) is 55.3 cm³/mol. The molecule has 0 bridgehead atoms. The van der Waals surface area contributed by atoms with Crippen molar-refractivity contribution in [2.75, 3.05) is 0 Å². The van der Waals surface area contributed by atoms with E-state index in [0.717, 1.165) is 0 Å². The maximum atomic E-state index is 11.7. The molecule has 1 unspecified atom stereocenters. The van der Waals surface area contributed by atoms with E-state index in [0.29, 0.717) is 10.6 Å². The highest BCUT2D eigenvalue weighted by Crippen LogP contribution is 2.12. The maximum absolute atomic E-state index is 11.7. The molecule has 0 spiro atoms. The first kappa shape index (κ1) is 10.1. The van der Waals surface area contributed by atoms with Gasteiger partial charge in [0.15, 0.2) is 5.78 Å². The van der Waals surface area contributed by atoms with E-state index in [1.165, 1.54) is 0 Å². The fraction of sp³-hybridized carbons (Fsp3) is 0.222. The highest BCUT2D eigenvalue weighted by Gasteiger charge is 2.16. The van der Waals surface area contributed by atoms with Crippen molar-refractivity contribution in [3.8, 4) is 0 Å². The van der Waals surface area contributed by atoms with Crippen molar-refractivity contribution in [2.24, 2.45) is 10.3 Å². The minimum Gasteiger partial charge on any atom is -0.294 e. The average Bonchev–Trinajstić information content (AvgIpc) is 2.71. The molecular formula is C9H9ClN4O. The Kier molecular flexibility index (Phi) is 2.94. The van der Waals surface area contributed by atoms with Gasteiger partial charge in [-0.25, -0.2) is 5.53 Å². The van der Waals surface area contributed by atoms with Gasteiger partial charge in [-0.15, -0.1) is 5.11 Å². The Balaban J connectivity index is 2.01. The molecule has 1 aromatic carbocycles. The summed E-state index contributed by atoms with van der Waals surface area (Å²) in [5.41, 5.74) is 5.84. The Bertz CT molecular complexity index is 390. The van der Waals surface area contributed by atoms with Crippen LogP contribution in [0, 0.1) is 0 Å². The second-order valence-electron chi connectivity index (χ2n) is 3.12. The number of carbonyl (C=O) groups excluding carboxylic acids is 1. The molecule has 0 amide bonds. The molecule has 0 aliphatic carbocycles. The molecule has 1 atom stereocenters. The molecule has 2 rings (SSSR count). The van der Waals surface area contributed by atoms with Crippen LogP contribution in [-0.4, -0.2) is 11.9 Å². The topological polar surface area (TPSA) is 65.8 Å². The molecule has 1 aliphatic rings. The standard InChI is InChI=1S/C9H9ClN4O/c10-7-3-1-6(2-4-7)8(15)5-9-11-13-14-12-9/h1-4,9H,5H2,(H,11,14)(H,12,13).